The molecule has 0 amide bonds. The molecule has 2 aromatic rings. The van der Waals surface area contributed by atoms with Crippen LogP contribution in [0.25, 0.3) is 11.1 Å². The van der Waals surface area contributed by atoms with Gasteiger partial charge in [0.25, 0.3) is 0 Å². The average Bonchev–Trinajstić information content (AvgIpc) is 2.63. The van der Waals surface area contributed by atoms with E-state index in [1.54, 1.807) is 12.1 Å². The maximum atomic E-state index is 11.3. The molecule has 126 valence electrons. The lowest BCUT2D eigenvalue weighted by Crippen LogP contribution is -2.33. The number of hydrogen-bond donors (Lipinski definition) is 1. The third-order valence-corrected chi connectivity index (χ3v) is 4.28. The molecule has 5 heteroatoms. The molecule has 0 radical (unpaired) electrons. The van der Waals surface area contributed by atoms with Crippen molar-refractivity contribution in [1.29, 1.82) is 0 Å². The third-order valence-electron chi connectivity index (χ3n) is 4.28. The number of likely N-dealkylation sites (tertiary alicyclic amines) is 1. The fourth-order valence-electron chi connectivity index (χ4n) is 3.04. The minimum absolute atomic E-state index is 0.0583. The van der Waals surface area contributed by atoms with Crippen LogP contribution in [-0.4, -0.2) is 47.2 Å². The van der Waals surface area contributed by atoms with Gasteiger partial charge in [0.15, 0.2) is 5.69 Å². The summed E-state index contributed by atoms with van der Waals surface area (Å²) in [5.41, 5.74) is 1.46. The maximum absolute atomic E-state index is 11.3. The van der Waals surface area contributed by atoms with E-state index in [-0.39, 0.29) is 5.69 Å². The fraction of sp³-hybridized carbons (Fsp3) is 0.368. The Labute approximate surface area is 141 Å². The second-order valence-electron chi connectivity index (χ2n) is 5.98. The molecule has 2 heterocycles. The fourth-order valence-corrected chi connectivity index (χ4v) is 3.04. The molecule has 0 bridgehead atoms. The Morgan fingerprint density at radius 2 is 2.00 bits per heavy atom. The summed E-state index contributed by atoms with van der Waals surface area (Å²) in [4.78, 5) is 17.7. The SMILES string of the molecule is O=C(O)c1ncccc1-c1cccc(OCCN2CCCCC2)c1. The molecule has 0 spiro atoms. The molecule has 5 nitrogen and oxygen atoms in total. The topological polar surface area (TPSA) is 62.7 Å². The number of carbonyl (C=O) groups is 1. The number of carboxylic acids is 1. The zero-order valence-electron chi connectivity index (χ0n) is 13.6. The zero-order valence-corrected chi connectivity index (χ0v) is 13.6. The van der Waals surface area contributed by atoms with E-state index in [0.717, 1.165) is 30.9 Å². The molecule has 0 unspecified atom stereocenters. The number of aromatic nitrogens is 1. The number of hydrogen-bond acceptors (Lipinski definition) is 4. The van der Waals surface area contributed by atoms with Crippen LogP contribution in [-0.2, 0) is 0 Å². The number of aromatic carboxylic acids is 1. The first-order valence-corrected chi connectivity index (χ1v) is 8.38. The monoisotopic (exact) mass is 326 g/mol. The van der Waals surface area contributed by atoms with Crippen molar-refractivity contribution < 1.29 is 14.6 Å². The van der Waals surface area contributed by atoms with Crippen LogP contribution in [0.5, 0.6) is 5.75 Å². The third kappa shape index (κ3) is 4.11. The Morgan fingerprint density at radius 1 is 1.17 bits per heavy atom. The molecular formula is C19H22N2O3. The highest BCUT2D eigenvalue weighted by atomic mass is 16.5. The number of benzene rings is 1. The van der Waals surface area contributed by atoms with Crippen LogP contribution < -0.4 is 4.74 Å². The predicted octanol–water partition coefficient (Wildman–Crippen LogP) is 3.31. The van der Waals surface area contributed by atoms with Crippen LogP contribution in [0.15, 0.2) is 42.6 Å². The van der Waals surface area contributed by atoms with Gasteiger partial charge in [0.2, 0.25) is 0 Å². The molecule has 0 saturated carbocycles. The molecule has 1 fully saturated rings. The summed E-state index contributed by atoms with van der Waals surface area (Å²) in [7, 11) is 0. The van der Waals surface area contributed by atoms with Crippen LogP contribution in [0.1, 0.15) is 29.8 Å². The molecule has 1 N–H and O–H groups in total. The number of pyridine rings is 1. The van der Waals surface area contributed by atoms with E-state index in [9.17, 15) is 9.90 Å². The van der Waals surface area contributed by atoms with E-state index in [0.29, 0.717) is 12.2 Å². The lowest BCUT2D eigenvalue weighted by Gasteiger charge is -2.26. The van der Waals surface area contributed by atoms with Crippen LogP contribution in [0.3, 0.4) is 0 Å². The number of rotatable bonds is 6. The summed E-state index contributed by atoms with van der Waals surface area (Å²) in [6.07, 6.45) is 5.37. The first-order valence-electron chi connectivity index (χ1n) is 8.38. The van der Waals surface area contributed by atoms with Crippen LogP contribution in [0, 0.1) is 0 Å². The van der Waals surface area contributed by atoms with Crippen molar-refractivity contribution in [2.45, 2.75) is 19.3 Å². The van der Waals surface area contributed by atoms with E-state index in [1.807, 2.05) is 24.3 Å². The smallest absolute Gasteiger partial charge is 0.355 e. The summed E-state index contributed by atoms with van der Waals surface area (Å²) in [6.45, 7) is 3.88. The quantitative estimate of drug-likeness (QED) is 0.882. The van der Waals surface area contributed by atoms with E-state index < -0.39 is 5.97 Å². The lowest BCUT2D eigenvalue weighted by molar-refractivity contribution is 0.0691. The number of piperidine rings is 1. The minimum atomic E-state index is -1.03. The van der Waals surface area contributed by atoms with Gasteiger partial charge in [-0.3, -0.25) is 4.90 Å². The molecule has 0 aliphatic carbocycles. The van der Waals surface area contributed by atoms with Gasteiger partial charge in [-0.1, -0.05) is 24.6 Å². The van der Waals surface area contributed by atoms with Crippen molar-refractivity contribution in [3.8, 4) is 16.9 Å². The van der Waals surface area contributed by atoms with E-state index in [2.05, 4.69) is 9.88 Å². The summed E-state index contributed by atoms with van der Waals surface area (Å²) in [5, 5.41) is 9.28. The van der Waals surface area contributed by atoms with Crippen molar-refractivity contribution in [2.75, 3.05) is 26.2 Å². The number of ether oxygens (including phenoxy) is 1. The van der Waals surface area contributed by atoms with Crippen molar-refractivity contribution in [3.63, 3.8) is 0 Å². The summed E-state index contributed by atoms with van der Waals surface area (Å²) >= 11 is 0. The van der Waals surface area contributed by atoms with Gasteiger partial charge >= 0.3 is 5.97 Å². The first kappa shape index (κ1) is 16.5. The van der Waals surface area contributed by atoms with Crippen LogP contribution in [0.2, 0.25) is 0 Å². The molecule has 1 saturated heterocycles. The highest BCUT2D eigenvalue weighted by molar-refractivity contribution is 5.93. The molecule has 0 atom stereocenters. The average molecular weight is 326 g/mol. The van der Waals surface area contributed by atoms with Gasteiger partial charge in [0, 0.05) is 18.3 Å². The van der Waals surface area contributed by atoms with Gasteiger partial charge in [-0.2, -0.15) is 0 Å². The molecule has 1 aromatic carbocycles. The Balaban J connectivity index is 1.67. The van der Waals surface area contributed by atoms with Gasteiger partial charge in [-0.25, -0.2) is 9.78 Å². The highest BCUT2D eigenvalue weighted by Crippen LogP contribution is 2.26. The lowest BCUT2D eigenvalue weighted by atomic mass is 10.0. The zero-order chi connectivity index (χ0) is 16.8. The van der Waals surface area contributed by atoms with E-state index >= 15 is 0 Å². The molecule has 1 aromatic heterocycles. The van der Waals surface area contributed by atoms with Crippen molar-refractivity contribution in [1.82, 2.24) is 9.88 Å². The van der Waals surface area contributed by atoms with E-state index in [1.165, 1.54) is 25.5 Å². The van der Waals surface area contributed by atoms with Gasteiger partial charge in [0.1, 0.15) is 12.4 Å². The van der Waals surface area contributed by atoms with E-state index in [4.69, 9.17) is 4.74 Å². The first-order chi connectivity index (χ1) is 11.7. The van der Waals surface area contributed by atoms with Gasteiger partial charge in [-0.05, 0) is 49.7 Å². The van der Waals surface area contributed by atoms with Crippen molar-refractivity contribution in [3.05, 3.63) is 48.3 Å². The van der Waals surface area contributed by atoms with Crippen LogP contribution >= 0.6 is 0 Å². The minimum Gasteiger partial charge on any atom is -0.492 e. The van der Waals surface area contributed by atoms with Gasteiger partial charge in [0.05, 0.1) is 0 Å². The highest BCUT2D eigenvalue weighted by Gasteiger charge is 2.13. The number of carboxylic acid groups (broad SMARTS) is 1. The van der Waals surface area contributed by atoms with Gasteiger partial charge in [-0.15, -0.1) is 0 Å². The molecule has 24 heavy (non-hydrogen) atoms. The Hall–Kier alpha value is -2.40. The largest absolute Gasteiger partial charge is 0.492 e. The van der Waals surface area contributed by atoms with Gasteiger partial charge < -0.3 is 9.84 Å². The normalized spacial score (nSPS) is 15.2. The molecule has 3 rings (SSSR count). The molecule has 1 aliphatic rings. The van der Waals surface area contributed by atoms with Crippen molar-refractivity contribution >= 4 is 5.97 Å². The maximum Gasteiger partial charge on any atom is 0.355 e. The molecular weight excluding hydrogens is 304 g/mol. The Kier molecular flexibility index (Phi) is 5.43. The standard InChI is InChI=1S/C19H22N2O3/c22-19(23)18-17(8-5-9-20-18)15-6-4-7-16(14-15)24-13-12-21-10-2-1-3-11-21/h4-9,14H,1-3,10-13H2,(H,22,23). The second-order valence-corrected chi connectivity index (χ2v) is 5.98. The number of nitrogens with zero attached hydrogens (tertiary/aromatic N) is 2. The summed E-state index contributed by atoms with van der Waals surface area (Å²) in [6, 6.07) is 11.0. The summed E-state index contributed by atoms with van der Waals surface area (Å²) < 4.78 is 5.86. The van der Waals surface area contributed by atoms with Crippen molar-refractivity contribution in [2.24, 2.45) is 0 Å². The predicted molar refractivity (Wildman–Crippen MR) is 92.4 cm³/mol. The van der Waals surface area contributed by atoms with Crippen LogP contribution in [0.4, 0.5) is 0 Å². The second kappa shape index (κ2) is 7.93. The molecule has 1 aliphatic heterocycles. The Bertz CT molecular complexity index is 697. The summed E-state index contributed by atoms with van der Waals surface area (Å²) in [5.74, 6) is -0.272. The Morgan fingerprint density at radius 3 is 2.79 bits per heavy atom.